The third-order valence-electron chi connectivity index (χ3n) is 3.25. The minimum Gasteiger partial charge on any atom is -0.396 e. The van der Waals surface area contributed by atoms with Gasteiger partial charge in [-0.3, -0.25) is 0 Å². The summed E-state index contributed by atoms with van der Waals surface area (Å²) in [5.41, 5.74) is 9.79. The number of aliphatic hydroxyl groups excluding tert-OH is 1. The largest absolute Gasteiger partial charge is 0.396 e. The molecule has 0 amide bonds. The number of ether oxygens (including phenoxy) is 1. The monoisotopic (exact) mass is 277 g/mol. The molecule has 5 heteroatoms. The highest BCUT2D eigenvalue weighted by atomic mass is 16.5. The summed E-state index contributed by atoms with van der Waals surface area (Å²) in [4.78, 5) is 2.92. The van der Waals surface area contributed by atoms with Crippen molar-refractivity contribution >= 4 is 0 Å². The minimum atomic E-state index is -0.166. The van der Waals surface area contributed by atoms with E-state index in [1.165, 1.54) is 0 Å². The molecular formula is C15H23N3O2. The first kappa shape index (κ1) is 16.5. The van der Waals surface area contributed by atoms with Gasteiger partial charge in [0, 0.05) is 11.5 Å². The molecular weight excluding hydrogens is 254 g/mol. The fourth-order valence-corrected chi connectivity index (χ4v) is 2.13. The average Bonchev–Trinajstić information content (AvgIpc) is 2.49. The first-order valence-corrected chi connectivity index (χ1v) is 7.12. The van der Waals surface area contributed by atoms with Gasteiger partial charge < -0.3 is 9.84 Å². The predicted molar refractivity (Wildman–Crippen MR) is 79.2 cm³/mol. The molecule has 2 atom stereocenters. The molecule has 0 aliphatic carbocycles. The highest BCUT2D eigenvalue weighted by Gasteiger charge is 2.19. The lowest BCUT2D eigenvalue weighted by Gasteiger charge is -2.22. The molecule has 1 aromatic rings. The molecule has 0 unspecified atom stereocenters. The Morgan fingerprint density at radius 1 is 1.30 bits per heavy atom. The van der Waals surface area contributed by atoms with Gasteiger partial charge in [-0.1, -0.05) is 48.8 Å². The number of hydrogen-bond acceptors (Lipinski definition) is 3. The maximum Gasteiger partial charge on any atom is 0.0720 e. The molecule has 0 fully saturated rings. The van der Waals surface area contributed by atoms with Crippen LogP contribution in [0.2, 0.25) is 0 Å². The van der Waals surface area contributed by atoms with Crippen molar-refractivity contribution in [2.45, 2.75) is 51.4 Å². The fraction of sp³-hybridized carbons (Fsp3) is 0.600. The highest BCUT2D eigenvalue weighted by Crippen LogP contribution is 2.17. The van der Waals surface area contributed by atoms with Gasteiger partial charge >= 0.3 is 0 Å². The summed E-state index contributed by atoms with van der Waals surface area (Å²) >= 11 is 0. The lowest BCUT2D eigenvalue weighted by Crippen LogP contribution is -2.26. The van der Waals surface area contributed by atoms with Gasteiger partial charge in [0.2, 0.25) is 0 Å². The Kier molecular flexibility index (Phi) is 8.47. The molecule has 0 radical (unpaired) electrons. The second-order valence-electron chi connectivity index (χ2n) is 4.73. The Labute approximate surface area is 120 Å². The summed E-state index contributed by atoms with van der Waals surface area (Å²) in [6.45, 7) is 2.73. The zero-order chi connectivity index (χ0) is 14.6. The van der Waals surface area contributed by atoms with Gasteiger partial charge in [0.15, 0.2) is 0 Å². The third-order valence-corrected chi connectivity index (χ3v) is 3.25. The maximum atomic E-state index is 8.82. The van der Waals surface area contributed by atoms with Crippen molar-refractivity contribution in [3.63, 3.8) is 0 Å². The summed E-state index contributed by atoms with van der Waals surface area (Å²) in [6, 6.07) is 9.79. The van der Waals surface area contributed by atoms with Crippen molar-refractivity contribution in [1.82, 2.24) is 0 Å². The van der Waals surface area contributed by atoms with Gasteiger partial charge in [-0.05, 0) is 30.4 Å². The van der Waals surface area contributed by atoms with Crippen molar-refractivity contribution < 1.29 is 9.84 Å². The van der Waals surface area contributed by atoms with Crippen LogP contribution in [0.25, 0.3) is 10.4 Å². The van der Waals surface area contributed by atoms with Gasteiger partial charge in [0.05, 0.1) is 18.8 Å². The molecule has 0 bridgehead atoms. The van der Waals surface area contributed by atoms with E-state index in [1.807, 2.05) is 37.3 Å². The van der Waals surface area contributed by atoms with E-state index in [9.17, 15) is 0 Å². The molecule has 0 heterocycles. The number of azide groups is 1. The SMILES string of the molecule is CC[C@H](OCc1ccccc1)[C@H](CCCCO)N=[N+]=[N-]. The van der Waals surface area contributed by atoms with Crippen molar-refractivity contribution in [2.75, 3.05) is 6.61 Å². The van der Waals surface area contributed by atoms with E-state index in [0.29, 0.717) is 6.61 Å². The Balaban J connectivity index is 2.53. The molecule has 1 rings (SSSR count). The van der Waals surface area contributed by atoms with E-state index in [4.69, 9.17) is 15.4 Å². The highest BCUT2D eigenvalue weighted by molar-refractivity contribution is 5.13. The first-order chi connectivity index (χ1) is 9.81. The maximum absolute atomic E-state index is 8.82. The zero-order valence-electron chi connectivity index (χ0n) is 12.0. The van der Waals surface area contributed by atoms with Crippen LogP contribution in [0.15, 0.2) is 35.4 Å². The van der Waals surface area contributed by atoms with Gasteiger partial charge in [0.1, 0.15) is 0 Å². The molecule has 0 aromatic heterocycles. The van der Waals surface area contributed by atoms with E-state index in [1.54, 1.807) is 0 Å². The lowest BCUT2D eigenvalue weighted by molar-refractivity contribution is 0.0188. The van der Waals surface area contributed by atoms with Crippen molar-refractivity contribution in [2.24, 2.45) is 5.11 Å². The van der Waals surface area contributed by atoms with Crippen LogP contribution in [0.1, 0.15) is 38.2 Å². The van der Waals surface area contributed by atoms with Gasteiger partial charge in [0.25, 0.3) is 0 Å². The van der Waals surface area contributed by atoms with Crippen LogP contribution < -0.4 is 0 Å². The van der Waals surface area contributed by atoms with Gasteiger partial charge in [-0.25, -0.2) is 0 Å². The molecule has 0 saturated heterocycles. The van der Waals surface area contributed by atoms with Crippen LogP contribution in [0.3, 0.4) is 0 Å². The van der Waals surface area contributed by atoms with Crippen LogP contribution in [0.5, 0.6) is 0 Å². The third kappa shape index (κ3) is 6.06. The van der Waals surface area contributed by atoms with E-state index >= 15 is 0 Å². The minimum absolute atomic E-state index is 0.0789. The molecule has 0 saturated carbocycles. The van der Waals surface area contributed by atoms with Crippen molar-refractivity contribution in [1.29, 1.82) is 0 Å². The van der Waals surface area contributed by atoms with E-state index in [-0.39, 0.29) is 18.8 Å². The predicted octanol–water partition coefficient (Wildman–Crippen LogP) is 3.82. The van der Waals surface area contributed by atoms with Crippen LogP contribution in [-0.4, -0.2) is 23.9 Å². The summed E-state index contributed by atoms with van der Waals surface area (Å²) < 4.78 is 5.90. The Morgan fingerprint density at radius 3 is 2.65 bits per heavy atom. The summed E-state index contributed by atoms with van der Waals surface area (Å²) in [5.74, 6) is 0. The molecule has 0 aliphatic heterocycles. The number of benzene rings is 1. The second kappa shape index (κ2) is 10.3. The summed E-state index contributed by atoms with van der Waals surface area (Å²) in [7, 11) is 0. The number of nitrogens with zero attached hydrogens (tertiary/aromatic N) is 3. The normalized spacial score (nSPS) is 13.5. The molecule has 1 aromatic carbocycles. The number of aliphatic hydroxyl groups is 1. The standard InChI is InChI=1S/C15H23N3O2/c1-2-15(14(17-18-16)10-6-7-11-19)20-12-13-8-4-3-5-9-13/h3-5,8-9,14-15,19H,2,6-7,10-12H2,1H3/t14-,15-/m0/s1. The molecule has 5 nitrogen and oxygen atoms in total. The smallest absolute Gasteiger partial charge is 0.0720 e. The molecule has 20 heavy (non-hydrogen) atoms. The van der Waals surface area contributed by atoms with E-state index < -0.39 is 0 Å². The van der Waals surface area contributed by atoms with Crippen molar-refractivity contribution in [3.8, 4) is 0 Å². The number of hydrogen-bond donors (Lipinski definition) is 1. The molecule has 0 spiro atoms. The lowest BCUT2D eigenvalue weighted by atomic mass is 10.0. The van der Waals surface area contributed by atoms with Gasteiger partial charge in [-0.15, -0.1) is 0 Å². The molecule has 1 N–H and O–H groups in total. The Bertz CT molecular complexity index is 405. The van der Waals surface area contributed by atoms with Gasteiger partial charge in [-0.2, -0.15) is 0 Å². The van der Waals surface area contributed by atoms with Crippen LogP contribution in [0, 0.1) is 0 Å². The van der Waals surface area contributed by atoms with E-state index in [0.717, 1.165) is 31.2 Å². The van der Waals surface area contributed by atoms with E-state index in [2.05, 4.69) is 10.0 Å². The van der Waals surface area contributed by atoms with Crippen LogP contribution in [-0.2, 0) is 11.3 Å². The number of unbranched alkanes of at least 4 members (excludes halogenated alkanes) is 1. The number of rotatable bonds is 10. The topological polar surface area (TPSA) is 78.2 Å². The fourth-order valence-electron chi connectivity index (χ4n) is 2.13. The zero-order valence-corrected chi connectivity index (χ0v) is 12.0. The second-order valence-corrected chi connectivity index (χ2v) is 4.73. The molecule has 0 aliphatic rings. The summed E-state index contributed by atoms with van der Waals surface area (Å²) in [6.07, 6.45) is 3.04. The Hall–Kier alpha value is -1.55. The average molecular weight is 277 g/mol. The first-order valence-electron chi connectivity index (χ1n) is 7.12. The Morgan fingerprint density at radius 2 is 2.05 bits per heavy atom. The molecule has 110 valence electrons. The van der Waals surface area contributed by atoms with Crippen LogP contribution in [0.4, 0.5) is 0 Å². The quantitative estimate of drug-likeness (QED) is 0.305. The summed E-state index contributed by atoms with van der Waals surface area (Å²) in [5, 5.41) is 12.7. The van der Waals surface area contributed by atoms with Crippen LogP contribution >= 0.6 is 0 Å². The van der Waals surface area contributed by atoms with Crippen molar-refractivity contribution in [3.05, 3.63) is 46.3 Å².